The van der Waals surface area contributed by atoms with E-state index >= 15 is 0 Å². The molecule has 1 atom stereocenters. The van der Waals surface area contributed by atoms with Crippen LogP contribution in [-0.4, -0.2) is 49.0 Å². The summed E-state index contributed by atoms with van der Waals surface area (Å²) in [5, 5.41) is 9.29. The molecule has 3 N–H and O–H groups in total. The van der Waals surface area contributed by atoms with Gasteiger partial charge in [-0.15, -0.1) is 24.0 Å². The minimum atomic E-state index is -0.367. The van der Waals surface area contributed by atoms with E-state index in [2.05, 4.69) is 27.9 Å². The van der Waals surface area contributed by atoms with Crippen LogP contribution in [0.2, 0.25) is 0 Å². The molecule has 0 radical (unpaired) electrons. The number of amides is 1. The quantitative estimate of drug-likeness (QED) is 0.246. The third kappa shape index (κ3) is 6.94. The number of rotatable bonds is 6. The van der Waals surface area contributed by atoms with Gasteiger partial charge in [0.15, 0.2) is 5.96 Å². The van der Waals surface area contributed by atoms with Gasteiger partial charge in [-0.2, -0.15) is 11.8 Å². The van der Waals surface area contributed by atoms with Crippen molar-refractivity contribution in [1.82, 2.24) is 16.0 Å². The van der Waals surface area contributed by atoms with Crippen molar-refractivity contribution in [2.45, 2.75) is 31.4 Å². The molecule has 0 bridgehead atoms. The molecular formula is C18H28FIN4OS. The zero-order valence-corrected chi connectivity index (χ0v) is 18.7. The molecule has 26 heavy (non-hydrogen) atoms. The Morgan fingerprint density at radius 1 is 1.31 bits per heavy atom. The van der Waals surface area contributed by atoms with Crippen LogP contribution in [-0.2, 0) is 0 Å². The number of thioether (sulfide) groups is 1. The molecule has 1 aromatic rings. The van der Waals surface area contributed by atoms with Crippen LogP contribution in [0.3, 0.4) is 0 Å². The third-order valence-electron chi connectivity index (χ3n) is 4.29. The van der Waals surface area contributed by atoms with E-state index in [0.29, 0.717) is 24.2 Å². The van der Waals surface area contributed by atoms with Gasteiger partial charge in [-0.05, 0) is 50.1 Å². The Balaban J connectivity index is 0.00000338. The lowest BCUT2D eigenvalue weighted by atomic mass is 10.1. The standard InChI is InChI=1S/C18H27FN4OS.HI/c1-13-5-6-14(11-15(13)19)16(24)21-8-9-22-17(20-3)23-12-18(2)7-4-10-25-18;/h5-6,11H,4,7-10,12H2,1-3H3,(H,21,24)(H2,20,22,23);1H. The molecule has 1 aromatic carbocycles. The van der Waals surface area contributed by atoms with Crippen LogP contribution in [0, 0.1) is 12.7 Å². The lowest BCUT2D eigenvalue weighted by Crippen LogP contribution is -2.45. The van der Waals surface area contributed by atoms with Gasteiger partial charge in [0.25, 0.3) is 5.91 Å². The fraction of sp³-hybridized carbons (Fsp3) is 0.556. The van der Waals surface area contributed by atoms with Crippen molar-refractivity contribution in [1.29, 1.82) is 0 Å². The molecule has 5 nitrogen and oxygen atoms in total. The Labute approximate surface area is 176 Å². The van der Waals surface area contributed by atoms with E-state index in [4.69, 9.17) is 0 Å². The van der Waals surface area contributed by atoms with Gasteiger partial charge in [-0.25, -0.2) is 4.39 Å². The number of benzene rings is 1. The van der Waals surface area contributed by atoms with Crippen LogP contribution in [0.5, 0.6) is 0 Å². The van der Waals surface area contributed by atoms with Crippen LogP contribution in [0.15, 0.2) is 23.2 Å². The average molecular weight is 494 g/mol. The average Bonchev–Trinajstić information content (AvgIpc) is 3.03. The maximum atomic E-state index is 13.5. The predicted octanol–water partition coefficient (Wildman–Crippen LogP) is 2.93. The first kappa shape index (κ1) is 23.0. The number of nitrogens with one attached hydrogen (secondary N) is 3. The molecule has 1 unspecified atom stereocenters. The molecule has 146 valence electrons. The summed E-state index contributed by atoms with van der Waals surface area (Å²) in [4.78, 5) is 16.2. The summed E-state index contributed by atoms with van der Waals surface area (Å²) in [7, 11) is 1.73. The Morgan fingerprint density at radius 3 is 2.65 bits per heavy atom. The zero-order valence-electron chi connectivity index (χ0n) is 15.5. The highest BCUT2D eigenvalue weighted by atomic mass is 127. The maximum absolute atomic E-state index is 13.5. The van der Waals surface area contributed by atoms with Crippen molar-refractivity contribution < 1.29 is 9.18 Å². The monoisotopic (exact) mass is 494 g/mol. The van der Waals surface area contributed by atoms with Crippen LogP contribution >= 0.6 is 35.7 Å². The fourth-order valence-corrected chi connectivity index (χ4v) is 3.91. The molecule has 1 heterocycles. The first-order chi connectivity index (χ1) is 11.9. The van der Waals surface area contributed by atoms with Gasteiger partial charge in [0.1, 0.15) is 5.82 Å². The van der Waals surface area contributed by atoms with Gasteiger partial charge < -0.3 is 16.0 Å². The predicted molar refractivity (Wildman–Crippen MR) is 118 cm³/mol. The fourth-order valence-electron chi connectivity index (χ4n) is 2.66. The molecule has 0 spiro atoms. The third-order valence-corrected chi connectivity index (χ3v) is 5.83. The summed E-state index contributed by atoms with van der Waals surface area (Å²) < 4.78 is 13.8. The SMILES string of the molecule is CN=C(NCCNC(=O)c1ccc(C)c(F)c1)NCC1(C)CCCS1.I. The second-order valence-electron chi connectivity index (χ2n) is 6.47. The number of hydrogen-bond acceptors (Lipinski definition) is 3. The van der Waals surface area contributed by atoms with Crippen LogP contribution in [0.25, 0.3) is 0 Å². The van der Waals surface area contributed by atoms with E-state index in [1.54, 1.807) is 26.1 Å². The number of aliphatic imine (C=N–C) groups is 1. The van der Waals surface area contributed by atoms with Crippen LogP contribution in [0.4, 0.5) is 4.39 Å². The highest BCUT2D eigenvalue weighted by Crippen LogP contribution is 2.36. The number of guanidine groups is 1. The van der Waals surface area contributed by atoms with Gasteiger partial charge in [-0.3, -0.25) is 9.79 Å². The minimum Gasteiger partial charge on any atom is -0.355 e. The maximum Gasteiger partial charge on any atom is 0.251 e. The molecule has 8 heteroatoms. The molecular weight excluding hydrogens is 466 g/mol. The zero-order chi connectivity index (χ0) is 18.3. The molecule has 0 aromatic heterocycles. The van der Waals surface area contributed by atoms with Gasteiger partial charge in [-0.1, -0.05) is 6.07 Å². The highest BCUT2D eigenvalue weighted by Gasteiger charge is 2.29. The Kier molecular flexibility index (Phi) is 9.70. The largest absolute Gasteiger partial charge is 0.355 e. The number of hydrogen-bond donors (Lipinski definition) is 3. The topological polar surface area (TPSA) is 65.5 Å². The molecule has 1 amide bonds. The molecule has 1 aliphatic rings. The smallest absolute Gasteiger partial charge is 0.251 e. The molecule has 1 saturated heterocycles. The van der Waals surface area contributed by atoms with E-state index in [1.807, 2.05) is 11.8 Å². The summed E-state index contributed by atoms with van der Waals surface area (Å²) in [6.45, 7) is 5.78. The van der Waals surface area contributed by atoms with Crippen LogP contribution in [0.1, 0.15) is 35.7 Å². The second kappa shape index (κ2) is 11.0. The van der Waals surface area contributed by atoms with E-state index in [1.165, 1.54) is 24.7 Å². The summed E-state index contributed by atoms with van der Waals surface area (Å²) in [5.74, 6) is 1.30. The lowest BCUT2D eigenvalue weighted by Gasteiger charge is -2.24. The van der Waals surface area contributed by atoms with Crippen molar-refractivity contribution in [2.24, 2.45) is 4.99 Å². The Morgan fingerprint density at radius 2 is 2.04 bits per heavy atom. The Bertz CT molecular complexity index is 636. The van der Waals surface area contributed by atoms with E-state index in [0.717, 1.165) is 12.5 Å². The summed E-state index contributed by atoms with van der Waals surface area (Å²) in [6.07, 6.45) is 2.48. The molecule has 0 aliphatic carbocycles. The number of carbonyl (C=O) groups excluding carboxylic acids is 1. The lowest BCUT2D eigenvalue weighted by molar-refractivity contribution is 0.0954. The minimum absolute atomic E-state index is 0. The van der Waals surface area contributed by atoms with Crippen molar-refractivity contribution in [3.8, 4) is 0 Å². The van der Waals surface area contributed by atoms with Gasteiger partial charge in [0.05, 0.1) is 0 Å². The van der Waals surface area contributed by atoms with Crippen molar-refractivity contribution in [2.75, 3.05) is 32.4 Å². The van der Waals surface area contributed by atoms with E-state index < -0.39 is 0 Å². The van der Waals surface area contributed by atoms with Crippen molar-refractivity contribution >= 4 is 47.6 Å². The molecule has 1 fully saturated rings. The summed E-state index contributed by atoms with van der Waals surface area (Å²) in [6, 6.07) is 4.50. The molecule has 1 aliphatic heterocycles. The molecule has 0 saturated carbocycles. The first-order valence-electron chi connectivity index (χ1n) is 8.56. The Hall–Kier alpha value is -1.03. The van der Waals surface area contributed by atoms with E-state index in [-0.39, 0.29) is 40.4 Å². The number of halogens is 2. The van der Waals surface area contributed by atoms with Crippen molar-refractivity contribution in [3.63, 3.8) is 0 Å². The number of aryl methyl sites for hydroxylation is 1. The number of carbonyl (C=O) groups is 1. The first-order valence-corrected chi connectivity index (χ1v) is 9.55. The van der Waals surface area contributed by atoms with Crippen LogP contribution < -0.4 is 16.0 Å². The van der Waals surface area contributed by atoms with E-state index in [9.17, 15) is 9.18 Å². The summed E-state index contributed by atoms with van der Waals surface area (Å²) in [5.41, 5.74) is 0.860. The van der Waals surface area contributed by atoms with Crippen molar-refractivity contribution in [3.05, 3.63) is 35.1 Å². The van der Waals surface area contributed by atoms with Gasteiger partial charge >= 0.3 is 0 Å². The van der Waals surface area contributed by atoms with Gasteiger partial charge in [0.2, 0.25) is 0 Å². The second-order valence-corrected chi connectivity index (χ2v) is 8.16. The van der Waals surface area contributed by atoms with Gasteiger partial charge in [0, 0.05) is 37.0 Å². The summed E-state index contributed by atoms with van der Waals surface area (Å²) >= 11 is 2.00. The number of nitrogens with zero attached hydrogens (tertiary/aromatic N) is 1. The highest BCUT2D eigenvalue weighted by molar-refractivity contribution is 14.0. The molecule has 2 rings (SSSR count). The normalized spacial score (nSPS) is 19.6.